The van der Waals surface area contributed by atoms with E-state index in [1.807, 2.05) is 4.90 Å². The Labute approximate surface area is 197 Å². The highest BCUT2D eigenvalue weighted by Gasteiger charge is 2.50. The summed E-state index contributed by atoms with van der Waals surface area (Å²) < 4.78 is 5.63. The van der Waals surface area contributed by atoms with E-state index < -0.39 is 11.3 Å². The molecule has 0 saturated carbocycles. The summed E-state index contributed by atoms with van der Waals surface area (Å²) in [7, 11) is 0. The minimum Gasteiger partial charge on any atom is -0.379 e. The van der Waals surface area contributed by atoms with Crippen LogP contribution >= 0.6 is 0 Å². The molecule has 12 nitrogen and oxygen atoms in total. The van der Waals surface area contributed by atoms with Crippen LogP contribution in [-0.4, -0.2) is 87.9 Å². The van der Waals surface area contributed by atoms with Gasteiger partial charge in [0, 0.05) is 50.1 Å². The number of nitrogens with two attached hydrogens (primary N) is 2. The van der Waals surface area contributed by atoms with Crippen molar-refractivity contribution in [3.05, 3.63) is 29.7 Å². The van der Waals surface area contributed by atoms with Gasteiger partial charge < -0.3 is 21.1 Å². The van der Waals surface area contributed by atoms with Crippen LogP contribution in [-0.2, 0) is 9.53 Å². The fourth-order valence-corrected chi connectivity index (χ4v) is 4.94. The molecule has 1 aromatic heterocycles. The first-order valence-corrected chi connectivity index (χ1v) is 11.6. The normalized spacial score (nSPS) is 26.1. The first-order chi connectivity index (χ1) is 16.3. The highest BCUT2D eigenvalue weighted by atomic mass is 16.5. The quantitative estimate of drug-likeness (QED) is 0.656. The highest BCUT2D eigenvalue weighted by Crippen LogP contribution is 2.41. The summed E-state index contributed by atoms with van der Waals surface area (Å²) in [5.41, 5.74) is 13.1. The predicted octanol–water partition coefficient (Wildman–Crippen LogP) is 0.572. The molecule has 1 atom stereocenters. The number of fused-ring (bicyclic) bond motifs is 1. The molecule has 2 fully saturated rings. The maximum atomic E-state index is 12.8. The molecule has 34 heavy (non-hydrogen) atoms. The molecule has 0 aromatic carbocycles. The maximum absolute atomic E-state index is 12.8. The number of morpholine rings is 1. The zero-order valence-corrected chi connectivity index (χ0v) is 19.5. The minimum atomic E-state index is -0.899. The van der Waals surface area contributed by atoms with Gasteiger partial charge in [-0.25, -0.2) is 20.0 Å². The number of aliphatic imine (C=N–C) groups is 2. The lowest BCUT2D eigenvalue weighted by molar-refractivity contribution is -0.138. The van der Waals surface area contributed by atoms with Gasteiger partial charge in [-0.05, 0) is 26.7 Å². The van der Waals surface area contributed by atoms with E-state index in [1.54, 1.807) is 32.4 Å². The van der Waals surface area contributed by atoms with Gasteiger partial charge in [-0.2, -0.15) is 5.11 Å². The first kappa shape index (κ1) is 22.7. The van der Waals surface area contributed by atoms with Crippen molar-refractivity contribution in [1.29, 1.82) is 0 Å². The maximum Gasteiger partial charge on any atom is 0.242 e. The summed E-state index contributed by atoms with van der Waals surface area (Å²) in [6, 6.07) is 0. The number of hydrogen-bond donors (Lipinski definition) is 2. The van der Waals surface area contributed by atoms with Crippen molar-refractivity contribution < 1.29 is 9.53 Å². The average Bonchev–Trinajstić information content (AvgIpc) is 3.32. The second-order valence-electron chi connectivity index (χ2n) is 9.56. The summed E-state index contributed by atoms with van der Waals surface area (Å²) in [4.78, 5) is 35.6. The van der Waals surface area contributed by atoms with Gasteiger partial charge in [0.25, 0.3) is 0 Å². The van der Waals surface area contributed by atoms with Gasteiger partial charge in [-0.15, -0.1) is 5.11 Å². The van der Waals surface area contributed by atoms with E-state index in [-0.39, 0.29) is 17.8 Å². The third kappa shape index (κ3) is 4.01. The number of rotatable bonds is 4. The van der Waals surface area contributed by atoms with E-state index in [9.17, 15) is 4.79 Å². The lowest BCUT2D eigenvalue weighted by atomic mass is 9.86. The fraction of sp³-hybridized carbons (Fsp3) is 0.591. The van der Waals surface area contributed by atoms with Gasteiger partial charge >= 0.3 is 0 Å². The zero-order valence-electron chi connectivity index (χ0n) is 19.5. The number of amidine groups is 1. The highest BCUT2D eigenvalue weighted by molar-refractivity contribution is 6.31. The van der Waals surface area contributed by atoms with Crippen molar-refractivity contribution in [1.82, 2.24) is 19.8 Å². The minimum absolute atomic E-state index is 0.0423. The van der Waals surface area contributed by atoms with Crippen LogP contribution in [0.1, 0.15) is 32.3 Å². The van der Waals surface area contributed by atoms with Crippen molar-refractivity contribution in [2.24, 2.45) is 31.9 Å². The molecule has 2 saturated heterocycles. The summed E-state index contributed by atoms with van der Waals surface area (Å²) in [6.45, 7) is 7.27. The monoisotopic (exact) mass is 466 g/mol. The molecule has 5 heterocycles. The predicted molar refractivity (Wildman–Crippen MR) is 126 cm³/mol. The number of azo groups is 1. The smallest absolute Gasteiger partial charge is 0.242 e. The van der Waals surface area contributed by atoms with Crippen molar-refractivity contribution in [3.63, 3.8) is 0 Å². The van der Waals surface area contributed by atoms with Crippen LogP contribution in [0.25, 0.3) is 0 Å². The van der Waals surface area contributed by atoms with Gasteiger partial charge in [0.15, 0.2) is 5.84 Å². The van der Waals surface area contributed by atoms with Gasteiger partial charge in [0.1, 0.15) is 0 Å². The van der Waals surface area contributed by atoms with Crippen LogP contribution < -0.4 is 11.5 Å². The fourth-order valence-electron chi connectivity index (χ4n) is 4.94. The number of anilines is 1. The van der Waals surface area contributed by atoms with Crippen LogP contribution in [0.5, 0.6) is 0 Å². The molecular weight excluding hydrogens is 436 g/mol. The molecule has 4 aliphatic heterocycles. The van der Waals surface area contributed by atoms with E-state index in [0.29, 0.717) is 50.9 Å². The number of aromatic nitrogens is 2. The van der Waals surface area contributed by atoms with Gasteiger partial charge in [-0.3, -0.25) is 9.69 Å². The summed E-state index contributed by atoms with van der Waals surface area (Å²) >= 11 is 0. The zero-order chi connectivity index (χ0) is 23.9. The molecule has 0 bridgehead atoms. The number of ether oxygens (including phenoxy) is 1. The van der Waals surface area contributed by atoms with E-state index in [1.165, 1.54) is 0 Å². The number of likely N-dealkylation sites (tertiary alicyclic amines) is 1. The van der Waals surface area contributed by atoms with Crippen LogP contribution in [0.4, 0.5) is 5.95 Å². The molecule has 5 rings (SSSR count). The molecule has 1 amide bonds. The third-order valence-corrected chi connectivity index (χ3v) is 6.68. The topological polar surface area (TPSA) is 160 Å². The van der Waals surface area contributed by atoms with Crippen LogP contribution in [0.3, 0.4) is 0 Å². The molecular formula is C22H30N10O2. The number of nitrogen functional groups attached to an aromatic ring is 1. The van der Waals surface area contributed by atoms with Gasteiger partial charge in [0.2, 0.25) is 17.6 Å². The van der Waals surface area contributed by atoms with Crippen LogP contribution in [0.2, 0.25) is 0 Å². The molecule has 4 N–H and O–H groups in total. The Morgan fingerprint density at radius 1 is 1.12 bits per heavy atom. The van der Waals surface area contributed by atoms with Gasteiger partial charge in [0.05, 0.1) is 36.2 Å². The standard InChI is InChI=1S/C22H30N10O2/c1-21(2,24)19(33)31-5-3-15(4-6-31)22(32-7-9-34-10-8-32)28-17(14-11-25-20(23)26-12-14)16-13-27-30-18(16)29-22/h11-13,15H,3-10,24H2,1-2H3,(H2,23,25,26). The first-order valence-electron chi connectivity index (χ1n) is 11.6. The van der Waals surface area contributed by atoms with E-state index >= 15 is 0 Å². The average molecular weight is 467 g/mol. The molecule has 1 unspecified atom stereocenters. The molecule has 0 aliphatic carbocycles. The molecule has 0 radical (unpaired) electrons. The number of piperidine rings is 1. The molecule has 1 aromatic rings. The van der Waals surface area contributed by atoms with Crippen molar-refractivity contribution in [2.75, 3.05) is 45.1 Å². The molecule has 180 valence electrons. The number of carbonyl (C=O) groups excluding carboxylic acids is 1. The Morgan fingerprint density at radius 3 is 2.44 bits per heavy atom. The van der Waals surface area contributed by atoms with Crippen molar-refractivity contribution >= 4 is 23.4 Å². The molecule has 12 heteroatoms. The number of carbonyl (C=O) groups is 1. The van der Waals surface area contributed by atoms with Crippen molar-refractivity contribution in [2.45, 2.75) is 38.0 Å². The summed E-state index contributed by atoms with van der Waals surface area (Å²) in [5.74, 6) is -0.119. The third-order valence-electron chi connectivity index (χ3n) is 6.68. The largest absolute Gasteiger partial charge is 0.379 e. The molecule has 4 aliphatic rings. The second kappa shape index (κ2) is 8.60. The summed E-state index contributed by atoms with van der Waals surface area (Å²) in [6.07, 6.45) is 6.47. The lowest BCUT2D eigenvalue weighted by Crippen LogP contribution is -2.60. The van der Waals surface area contributed by atoms with Crippen molar-refractivity contribution in [3.8, 4) is 0 Å². The Bertz CT molecular complexity index is 1070. The number of nitrogens with zero attached hydrogens (tertiary/aromatic N) is 8. The van der Waals surface area contributed by atoms with E-state index in [0.717, 1.165) is 24.0 Å². The van der Waals surface area contributed by atoms with Crippen LogP contribution in [0.15, 0.2) is 44.4 Å². The molecule has 0 spiro atoms. The van der Waals surface area contributed by atoms with E-state index in [2.05, 4.69) is 25.1 Å². The Kier molecular flexibility index (Phi) is 5.74. The Morgan fingerprint density at radius 2 is 1.79 bits per heavy atom. The second-order valence-corrected chi connectivity index (χ2v) is 9.56. The Hall–Kier alpha value is -3.09. The Balaban J connectivity index is 1.54. The van der Waals surface area contributed by atoms with Crippen LogP contribution in [0, 0.1) is 5.92 Å². The SMILES string of the molecule is CC(C)(N)C(=O)N1CCC(C2(N3CCOCC3)N=C3N=NC=C3C(c3cnc(N)nc3)=N2)CC1. The van der Waals surface area contributed by atoms with E-state index in [4.69, 9.17) is 26.2 Å². The van der Waals surface area contributed by atoms with Gasteiger partial charge in [-0.1, -0.05) is 0 Å². The summed E-state index contributed by atoms with van der Waals surface area (Å²) in [5, 5.41) is 8.42. The lowest BCUT2D eigenvalue weighted by Gasteiger charge is -2.48. The number of hydrogen-bond acceptors (Lipinski definition) is 11. The number of amides is 1.